The fraction of sp³-hybridized carbons (Fsp3) is 1.00. The summed E-state index contributed by atoms with van der Waals surface area (Å²) in [5, 5.41) is 0. The maximum Gasteiger partial charge on any atom is 0.0474 e. The number of rotatable bonds is 10. The molecule has 18 heavy (non-hydrogen) atoms. The molecule has 0 aromatic heterocycles. The molecule has 0 aliphatic rings. The van der Waals surface area contributed by atoms with Crippen molar-refractivity contribution < 1.29 is 4.74 Å². The van der Waals surface area contributed by atoms with Gasteiger partial charge in [0.1, 0.15) is 0 Å². The molecule has 0 unspecified atom stereocenters. The van der Waals surface area contributed by atoms with Crippen LogP contribution in [-0.2, 0) is 4.74 Å². The highest BCUT2D eigenvalue weighted by Gasteiger charge is 2.34. The number of hydrogen-bond acceptors (Lipinski definition) is 3. The van der Waals surface area contributed by atoms with Gasteiger partial charge in [0.2, 0.25) is 0 Å². The lowest BCUT2D eigenvalue weighted by molar-refractivity contribution is 0.0682. The van der Waals surface area contributed by atoms with Gasteiger partial charge in [-0.05, 0) is 38.1 Å². The molecule has 0 aliphatic carbocycles. The van der Waals surface area contributed by atoms with Crippen molar-refractivity contribution >= 4 is 0 Å². The van der Waals surface area contributed by atoms with E-state index in [4.69, 9.17) is 10.5 Å². The molecule has 0 spiro atoms. The molecule has 0 aliphatic heterocycles. The first kappa shape index (κ1) is 17.9. The first-order valence-corrected chi connectivity index (χ1v) is 7.28. The van der Waals surface area contributed by atoms with Crippen LogP contribution in [0.3, 0.4) is 0 Å². The van der Waals surface area contributed by atoms with E-state index in [9.17, 15) is 0 Å². The fourth-order valence-corrected chi connectivity index (χ4v) is 2.92. The van der Waals surface area contributed by atoms with E-state index in [2.05, 4.69) is 39.6 Å². The van der Waals surface area contributed by atoms with E-state index in [1.807, 2.05) is 0 Å². The molecule has 0 bridgehead atoms. The minimum absolute atomic E-state index is 0.149. The number of methoxy groups -OCH3 is 1. The van der Waals surface area contributed by atoms with Gasteiger partial charge in [0.05, 0.1) is 0 Å². The van der Waals surface area contributed by atoms with Gasteiger partial charge >= 0.3 is 0 Å². The molecule has 0 saturated heterocycles. The molecule has 2 N–H and O–H groups in total. The van der Waals surface area contributed by atoms with E-state index in [1.54, 1.807) is 7.11 Å². The van der Waals surface area contributed by atoms with Crippen LogP contribution < -0.4 is 5.73 Å². The van der Waals surface area contributed by atoms with E-state index >= 15 is 0 Å². The van der Waals surface area contributed by atoms with Crippen molar-refractivity contribution in [3.05, 3.63) is 0 Å². The minimum Gasteiger partial charge on any atom is -0.385 e. The van der Waals surface area contributed by atoms with Crippen molar-refractivity contribution in [1.82, 2.24) is 4.90 Å². The van der Waals surface area contributed by atoms with Crippen LogP contribution in [0.25, 0.3) is 0 Å². The highest BCUT2D eigenvalue weighted by molar-refractivity contribution is 4.92. The van der Waals surface area contributed by atoms with Crippen LogP contribution in [0.4, 0.5) is 0 Å². The zero-order valence-corrected chi connectivity index (χ0v) is 13.3. The Balaban J connectivity index is 4.68. The molecule has 0 saturated carbocycles. The van der Waals surface area contributed by atoms with Gasteiger partial charge in [-0.15, -0.1) is 0 Å². The van der Waals surface area contributed by atoms with Gasteiger partial charge in [0.25, 0.3) is 0 Å². The zero-order chi connectivity index (χ0) is 14.2. The summed E-state index contributed by atoms with van der Waals surface area (Å²) in [6.07, 6.45) is 3.42. The summed E-state index contributed by atoms with van der Waals surface area (Å²) in [5.74, 6) is 1.36. The molecule has 0 heterocycles. The monoisotopic (exact) mass is 258 g/mol. The van der Waals surface area contributed by atoms with Crippen molar-refractivity contribution in [2.24, 2.45) is 17.6 Å². The Hall–Kier alpha value is -0.120. The molecule has 0 atom stereocenters. The van der Waals surface area contributed by atoms with Crippen LogP contribution in [-0.4, -0.2) is 44.3 Å². The van der Waals surface area contributed by atoms with E-state index < -0.39 is 0 Å². The quantitative estimate of drug-likeness (QED) is 0.612. The number of hydrogen-bond donors (Lipinski definition) is 1. The van der Waals surface area contributed by atoms with Gasteiger partial charge in [-0.25, -0.2) is 0 Å². The van der Waals surface area contributed by atoms with Crippen LogP contribution in [0.1, 0.15) is 47.0 Å². The highest BCUT2D eigenvalue weighted by atomic mass is 16.5. The van der Waals surface area contributed by atoms with Gasteiger partial charge in [0.15, 0.2) is 0 Å². The molecular formula is C15H34N2O. The molecule has 0 fully saturated rings. The second-order valence-electron chi connectivity index (χ2n) is 6.39. The molecular weight excluding hydrogens is 224 g/mol. The number of nitrogens with zero attached hydrogens (tertiary/aromatic N) is 1. The van der Waals surface area contributed by atoms with E-state index in [1.165, 1.54) is 12.8 Å². The Morgan fingerprint density at radius 3 is 1.94 bits per heavy atom. The smallest absolute Gasteiger partial charge is 0.0474 e. The zero-order valence-electron chi connectivity index (χ0n) is 13.3. The topological polar surface area (TPSA) is 38.5 Å². The van der Waals surface area contributed by atoms with Gasteiger partial charge in [0, 0.05) is 32.3 Å². The van der Waals surface area contributed by atoms with E-state index in [0.717, 1.165) is 26.1 Å². The van der Waals surface area contributed by atoms with Crippen molar-refractivity contribution in [2.75, 3.05) is 33.9 Å². The maximum absolute atomic E-state index is 6.14. The Labute approximate surface area is 114 Å². The highest BCUT2D eigenvalue weighted by Crippen LogP contribution is 2.29. The second-order valence-corrected chi connectivity index (χ2v) is 6.39. The third-order valence-electron chi connectivity index (χ3n) is 3.61. The third kappa shape index (κ3) is 6.17. The predicted octanol–water partition coefficient (Wildman–Crippen LogP) is 2.74. The van der Waals surface area contributed by atoms with Crippen LogP contribution >= 0.6 is 0 Å². The first-order chi connectivity index (χ1) is 8.38. The average molecular weight is 258 g/mol. The first-order valence-electron chi connectivity index (χ1n) is 7.28. The summed E-state index contributed by atoms with van der Waals surface area (Å²) in [5.41, 5.74) is 6.29. The van der Waals surface area contributed by atoms with Crippen molar-refractivity contribution in [3.8, 4) is 0 Å². The average Bonchev–Trinajstić information content (AvgIpc) is 2.26. The van der Waals surface area contributed by atoms with E-state index in [-0.39, 0.29) is 5.54 Å². The van der Waals surface area contributed by atoms with Crippen molar-refractivity contribution in [1.29, 1.82) is 0 Å². The lowest BCUT2D eigenvalue weighted by atomic mass is 9.80. The van der Waals surface area contributed by atoms with Crippen LogP contribution in [0.15, 0.2) is 0 Å². The SMILES string of the molecule is COCCCN(C)C(CN)(CC(C)C)CC(C)C. The number of likely N-dealkylation sites (N-methyl/N-ethyl adjacent to an activating group) is 1. The summed E-state index contributed by atoms with van der Waals surface area (Å²) < 4.78 is 5.14. The maximum atomic E-state index is 6.14. The molecule has 0 rings (SSSR count). The predicted molar refractivity (Wildman–Crippen MR) is 79.8 cm³/mol. The van der Waals surface area contributed by atoms with Crippen LogP contribution in [0, 0.1) is 11.8 Å². The van der Waals surface area contributed by atoms with Crippen LogP contribution in [0.5, 0.6) is 0 Å². The van der Waals surface area contributed by atoms with Crippen molar-refractivity contribution in [3.63, 3.8) is 0 Å². The van der Waals surface area contributed by atoms with Gasteiger partial charge < -0.3 is 10.5 Å². The molecule has 3 heteroatoms. The Morgan fingerprint density at radius 1 is 1.11 bits per heavy atom. The van der Waals surface area contributed by atoms with E-state index in [0.29, 0.717) is 11.8 Å². The van der Waals surface area contributed by atoms with Gasteiger partial charge in [-0.1, -0.05) is 27.7 Å². The summed E-state index contributed by atoms with van der Waals surface area (Å²) in [6, 6.07) is 0. The molecule has 0 aromatic carbocycles. The Bertz CT molecular complexity index is 195. The molecule has 0 radical (unpaired) electrons. The second kappa shape index (κ2) is 8.89. The third-order valence-corrected chi connectivity index (χ3v) is 3.61. The molecule has 0 aromatic rings. The van der Waals surface area contributed by atoms with Crippen molar-refractivity contribution in [2.45, 2.75) is 52.5 Å². The fourth-order valence-electron chi connectivity index (χ4n) is 2.92. The number of ether oxygens (including phenoxy) is 1. The van der Waals surface area contributed by atoms with Crippen LogP contribution in [0.2, 0.25) is 0 Å². The summed E-state index contributed by atoms with van der Waals surface area (Å²) in [4.78, 5) is 2.46. The van der Waals surface area contributed by atoms with Gasteiger partial charge in [-0.3, -0.25) is 4.90 Å². The molecule has 3 nitrogen and oxygen atoms in total. The minimum atomic E-state index is 0.149. The summed E-state index contributed by atoms with van der Waals surface area (Å²) >= 11 is 0. The standard InChI is InChI=1S/C15H34N2O/c1-13(2)10-15(12-16,11-14(3)4)17(5)8-7-9-18-6/h13-14H,7-12,16H2,1-6H3. The molecule has 110 valence electrons. The Morgan fingerprint density at radius 2 is 1.61 bits per heavy atom. The number of nitrogens with two attached hydrogens (primary N) is 1. The van der Waals surface area contributed by atoms with Gasteiger partial charge in [-0.2, -0.15) is 0 Å². The Kier molecular flexibility index (Phi) is 8.83. The summed E-state index contributed by atoms with van der Waals surface area (Å²) in [6.45, 7) is 11.8. The summed E-state index contributed by atoms with van der Waals surface area (Å²) in [7, 11) is 3.98. The lowest BCUT2D eigenvalue weighted by Crippen LogP contribution is -2.54. The largest absolute Gasteiger partial charge is 0.385 e. The lowest BCUT2D eigenvalue weighted by Gasteiger charge is -2.44. The molecule has 0 amide bonds. The normalized spacial score (nSPS) is 13.0.